The lowest BCUT2D eigenvalue weighted by Gasteiger charge is -2.34. The molecule has 0 aromatic carbocycles. The highest BCUT2D eigenvalue weighted by Crippen LogP contribution is 2.14. The monoisotopic (exact) mass is 734 g/mol. The molecule has 0 amide bonds. The summed E-state index contributed by atoms with van der Waals surface area (Å²) in [6.07, 6.45) is 38.8. The molecule has 0 bridgehead atoms. The molecule has 8 nitrogen and oxygen atoms in total. The van der Waals surface area contributed by atoms with Gasteiger partial charge in [0.25, 0.3) is 0 Å². The van der Waals surface area contributed by atoms with Crippen LogP contribution in [0.3, 0.4) is 0 Å². The number of carboxylic acid groups (broad SMARTS) is 1. The Hall–Kier alpha value is -2.45. The van der Waals surface area contributed by atoms with E-state index in [-0.39, 0.29) is 42.7 Å². The van der Waals surface area contributed by atoms with Crippen molar-refractivity contribution < 1.29 is 38.2 Å². The van der Waals surface area contributed by atoms with Crippen molar-refractivity contribution in [3.8, 4) is 0 Å². The zero-order valence-corrected chi connectivity index (χ0v) is 34.2. The summed E-state index contributed by atoms with van der Waals surface area (Å²) >= 11 is 0. The molecule has 302 valence electrons. The Morgan fingerprint density at radius 2 is 1.08 bits per heavy atom. The smallest absolute Gasteiger partial charge is 0.306 e. The van der Waals surface area contributed by atoms with Gasteiger partial charge in [-0.3, -0.25) is 9.59 Å². The average molecular weight is 734 g/mol. The van der Waals surface area contributed by atoms with Gasteiger partial charge in [0.05, 0.1) is 40.3 Å². The zero-order chi connectivity index (χ0) is 38.5. The standard InChI is InChI=1S/C44H79NO7/c1-6-8-10-12-14-16-17-18-19-20-21-22-23-24-25-27-29-31-33-35-43(47)52-40(38-50-37-36-41(44(48)49)45(3,4)5)39-51-42(46)34-32-30-28-26-15-13-11-9-7-2/h8,10,14,16,18-19,40-41H,6-7,9,11-13,15,17,20-39H2,1-5H3/b10-8+,16-14+,19-18+. The Balaban J connectivity index is 4.30. The summed E-state index contributed by atoms with van der Waals surface area (Å²) < 4.78 is 17.1. The van der Waals surface area contributed by atoms with Gasteiger partial charge in [0.15, 0.2) is 6.10 Å². The topological polar surface area (TPSA) is 102 Å². The van der Waals surface area contributed by atoms with Gasteiger partial charge in [-0.2, -0.15) is 0 Å². The number of carboxylic acids is 1. The molecule has 0 heterocycles. The summed E-state index contributed by atoms with van der Waals surface area (Å²) in [5.41, 5.74) is 0. The predicted molar refractivity (Wildman–Crippen MR) is 213 cm³/mol. The first-order valence-electron chi connectivity index (χ1n) is 21.0. The van der Waals surface area contributed by atoms with E-state index in [1.54, 1.807) is 21.1 Å². The molecule has 0 aromatic heterocycles. The summed E-state index contributed by atoms with van der Waals surface area (Å²) in [6, 6.07) is -0.724. The number of carbonyl (C=O) groups excluding carboxylic acids is 3. The Morgan fingerprint density at radius 3 is 1.60 bits per heavy atom. The van der Waals surface area contributed by atoms with Crippen LogP contribution in [0.4, 0.5) is 0 Å². The first kappa shape index (κ1) is 49.6. The van der Waals surface area contributed by atoms with Crippen LogP contribution in [-0.2, 0) is 28.6 Å². The molecule has 0 saturated heterocycles. The maximum absolute atomic E-state index is 12.7. The molecule has 2 unspecified atom stereocenters. The number of hydrogen-bond donors (Lipinski definition) is 0. The highest BCUT2D eigenvalue weighted by Gasteiger charge is 2.25. The number of esters is 2. The second-order valence-corrected chi connectivity index (χ2v) is 15.2. The number of unbranched alkanes of at least 4 members (excludes halogenated alkanes) is 17. The molecule has 8 heteroatoms. The lowest BCUT2D eigenvalue weighted by molar-refractivity contribution is -0.889. The zero-order valence-electron chi connectivity index (χ0n) is 34.2. The largest absolute Gasteiger partial charge is 0.544 e. The van der Waals surface area contributed by atoms with E-state index in [1.807, 2.05) is 0 Å². The molecule has 52 heavy (non-hydrogen) atoms. The van der Waals surface area contributed by atoms with Crippen LogP contribution in [0.5, 0.6) is 0 Å². The molecular formula is C44H79NO7. The van der Waals surface area contributed by atoms with E-state index in [0.29, 0.717) is 12.8 Å². The second-order valence-electron chi connectivity index (χ2n) is 15.2. The van der Waals surface area contributed by atoms with Crippen molar-refractivity contribution in [2.24, 2.45) is 0 Å². The van der Waals surface area contributed by atoms with Crippen LogP contribution in [0.15, 0.2) is 36.5 Å². The molecule has 0 spiro atoms. The number of hydrogen-bond acceptors (Lipinski definition) is 7. The lowest BCUT2D eigenvalue weighted by Crippen LogP contribution is -2.55. The molecule has 0 radical (unpaired) electrons. The van der Waals surface area contributed by atoms with E-state index in [9.17, 15) is 19.5 Å². The highest BCUT2D eigenvalue weighted by molar-refractivity contribution is 5.70. The maximum Gasteiger partial charge on any atom is 0.306 e. The minimum atomic E-state index is -1.13. The number of quaternary nitrogens is 1. The Kier molecular flexibility index (Phi) is 33.9. The van der Waals surface area contributed by atoms with Crippen molar-refractivity contribution in [2.45, 2.75) is 187 Å². The van der Waals surface area contributed by atoms with Gasteiger partial charge in [-0.15, -0.1) is 0 Å². The van der Waals surface area contributed by atoms with Crippen LogP contribution in [0, 0.1) is 0 Å². The van der Waals surface area contributed by atoms with Gasteiger partial charge in [-0.1, -0.05) is 147 Å². The summed E-state index contributed by atoms with van der Waals surface area (Å²) in [5, 5.41) is 11.6. The molecule has 0 N–H and O–H groups in total. The third kappa shape index (κ3) is 33.4. The number of likely N-dealkylation sites (N-methyl/N-ethyl adjacent to an activating group) is 1. The molecule has 2 atom stereocenters. The molecule has 0 aliphatic heterocycles. The SMILES string of the molecule is CC/C=C/C/C=C/C/C=C/CCCCCCCCCCCC(=O)OC(COCCC(C(=O)[O-])[N+](C)(C)C)COC(=O)CCCCCCCCCCC. The Bertz CT molecular complexity index is 953. The van der Waals surface area contributed by atoms with E-state index in [4.69, 9.17) is 14.2 Å². The number of nitrogens with zero attached hydrogens (tertiary/aromatic N) is 1. The van der Waals surface area contributed by atoms with Gasteiger partial charge in [0, 0.05) is 19.3 Å². The molecule has 0 aliphatic carbocycles. The van der Waals surface area contributed by atoms with E-state index >= 15 is 0 Å². The van der Waals surface area contributed by atoms with Crippen LogP contribution in [-0.4, -0.2) is 75.5 Å². The van der Waals surface area contributed by atoms with Crippen molar-refractivity contribution in [1.29, 1.82) is 0 Å². The third-order valence-electron chi connectivity index (χ3n) is 9.29. The van der Waals surface area contributed by atoms with Crippen LogP contribution in [0.1, 0.15) is 174 Å². The minimum absolute atomic E-state index is 0.0405. The number of rotatable bonds is 37. The van der Waals surface area contributed by atoms with Gasteiger partial charge in [0.2, 0.25) is 0 Å². The number of allylic oxidation sites excluding steroid dienone is 6. The Labute approximate surface area is 319 Å². The lowest BCUT2D eigenvalue weighted by atomic mass is 10.1. The fourth-order valence-corrected chi connectivity index (χ4v) is 6.03. The van der Waals surface area contributed by atoms with Crippen LogP contribution < -0.4 is 5.11 Å². The molecule has 0 fully saturated rings. The van der Waals surface area contributed by atoms with E-state index in [1.165, 1.54) is 77.0 Å². The van der Waals surface area contributed by atoms with Crippen molar-refractivity contribution in [1.82, 2.24) is 0 Å². The van der Waals surface area contributed by atoms with Crippen molar-refractivity contribution in [2.75, 3.05) is 41.0 Å². The van der Waals surface area contributed by atoms with E-state index in [0.717, 1.165) is 64.2 Å². The molecule has 0 rings (SSSR count). The maximum atomic E-state index is 12.7. The van der Waals surface area contributed by atoms with Crippen molar-refractivity contribution >= 4 is 17.9 Å². The molecule has 0 aromatic rings. The van der Waals surface area contributed by atoms with Gasteiger partial charge in [-0.05, 0) is 44.9 Å². The first-order valence-corrected chi connectivity index (χ1v) is 21.0. The minimum Gasteiger partial charge on any atom is -0.544 e. The second kappa shape index (κ2) is 35.6. The van der Waals surface area contributed by atoms with Gasteiger partial charge in [-0.25, -0.2) is 0 Å². The summed E-state index contributed by atoms with van der Waals surface area (Å²) in [7, 11) is 5.40. The fraction of sp³-hybridized carbons (Fsp3) is 0.795. The molecule has 0 saturated carbocycles. The summed E-state index contributed by atoms with van der Waals surface area (Å²) in [4.78, 5) is 36.7. The summed E-state index contributed by atoms with van der Waals surface area (Å²) in [6.45, 7) is 4.52. The number of ether oxygens (including phenoxy) is 3. The molecular weight excluding hydrogens is 654 g/mol. The average Bonchev–Trinajstić information content (AvgIpc) is 3.09. The van der Waals surface area contributed by atoms with Crippen LogP contribution in [0.25, 0.3) is 0 Å². The van der Waals surface area contributed by atoms with Crippen LogP contribution >= 0.6 is 0 Å². The van der Waals surface area contributed by atoms with Crippen molar-refractivity contribution in [3.05, 3.63) is 36.5 Å². The van der Waals surface area contributed by atoms with Gasteiger partial charge in [0.1, 0.15) is 12.6 Å². The van der Waals surface area contributed by atoms with Crippen LogP contribution in [0.2, 0.25) is 0 Å². The quantitative estimate of drug-likeness (QED) is 0.0271. The van der Waals surface area contributed by atoms with E-state index in [2.05, 4.69) is 50.3 Å². The number of carbonyl (C=O) groups is 3. The Morgan fingerprint density at radius 1 is 0.596 bits per heavy atom. The predicted octanol–water partition coefficient (Wildman–Crippen LogP) is 9.74. The highest BCUT2D eigenvalue weighted by atomic mass is 16.6. The van der Waals surface area contributed by atoms with E-state index < -0.39 is 18.1 Å². The normalized spacial score (nSPS) is 13.3. The fourth-order valence-electron chi connectivity index (χ4n) is 6.03. The third-order valence-corrected chi connectivity index (χ3v) is 9.29. The number of aliphatic carboxylic acids is 1. The summed E-state index contributed by atoms with van der Waals surface area (Å²) in [5.74, 6) is -1.74. The van der Waals surface area contributed by atoms with Gasteiger partial charge >= 0.3 is 11.9 Å². The van der Waals surface area contributed by atoms with Gasteiger partial charge < -0.3 is 28.6 Å². The molecule has 0 aliphatic rings. The first-order chi connectivity index (χ1) is 25.1. The van der Waals surface area contributed by atoms with Crippen molar-refractivity contribution in [3.63, 3.8) is 0 Å².